The molecule has 1 aliphatic rings. The molecule has 0 saturated carbocycles. The normalized spacial score (nSPS) is 14.0. The lowest BCUT2D eigenvalue weighted by Gasteiger charge is -2.29. The third-order valence-electron chi connectivity index (χ3n) is 4.90. The SMILES string of the molecule is C#CCOc1cccc(C(=O)/C=C/c2cc3ccccc3nc2N2CCOCC2)c1. The van der Waals surface area contributed by atoms with Gasteiger partial charge in [-0.15, -0.1) is 6.42 Å². The first-order chi connectivity index (χ1) is 14.7. The van der Waals surface area contributed by atoms with Gasteiger partial charge in [0.2, 0.25) is 0 Å². The Morgan fingerprint density at radius 3 is 2.83 bits per heavy atom. The van der Waals surface area contributed by atoms with E-state index in [1.807, 2.05) is 30.3 Å². The molecular formula is C25H22N2O3. The van der Waals surface area contributed by atoms with Crippen molar-refractivity contribution in [1.82, 2.24) is 4.98 Å². The third kappa shape index (κ3) is 4.51. The minimum atomic E-state index is -0.109. The number of pyridine rings is 1. The van der Waals surface area contributed by atoms with E-state index in [1.54, 1.807) is 30.3 Å². The second-order valence-corrected chi connectivity index (χ2v) is 6.91. The number of terminal acetylenes is 1. The van der Waals surface area contributed by atoms with Crippen LogP contribution in [-0.4, -0.2) is 43.7 Å². The number of allylic oxidation sites excluding steroid dienone is 1. The van der Waals surface area contributed by atoms with Crippen LogP contribution in [0.5, 0.6) is 5.75 Å². The Balaban J connectivity index is 1.64. The van der Waals surface area contributed by atoms with Crippen LogP contribution in [0.3, 0.4) is 0 Å². The van der Waals surface area contributed by atoms with Crippen LogP contribution in [0.1, 0.15) is 15.9 Å². The van der Waals surface area contributed by atoms with Crippen LogP contribution in [-0.2, 0) is 4.74 Å². The van der Waals surface area contributed by atoms with Gasteiger partial charge in [0.25, 0.3) is 0 Å². The molecule has 0 atom stereocenters. The molecule has 1 aliphatic heterocycles. The smallest absolute Gasteiger partial charge is 0.185 e. The summed E-state index contributed by atoms with van der Waals surface area (Å²) in [4.78, 5) is 19.8. The molecule has 1 fully saturated rings. The monoisotopic (exact) mass is 398 g/mol. The number of carbonyl (C=O) groups is 1. The van der Waals surface area contributed by atoms with E-state index in [1.165, 1.54) is 0 Å². The van der Waals surface area contributed by atoms with E-state index in [-0.39, 0.29) is 12.4 Å². The predicted molar refractivity (Wildman–Crippen MR) is 119 cm³/mol. The van der Waals surface area contributed by atoms with Crippen molar-refractivity contribution in [2.75, 3.05) is 37.8 Å². The maximum absolute atomic E-state index is 12.8. The highest BCUT2D eigenvalue weighted by Gasteiger charge is 2.16. The number of carbonyl (C=O) groups excluding carboxylic acids is 1. The molecule has 0 N–H and O–H groups in total. The van der Waals surface area contributed by atoms with Crippen molar-refractivity contribution >= 4 is 28.6 Å². The molecule has 3 aromatic rings. The first kappa shape index (κ1) is 19.7. The zero-order valence-corrected chi connectivity index (χ0v) is 16.6. The van der Waals surface area contributed by atoms with Gasteiger partial charge in [-0.3, -0.25) is 4.79 Å². The molecule has 0 radical (unpaired) electrons. The number of para-hydroxylation sites is 1. The van der Waals surface area contributed by atoms with Gasteiger partial charge < -0.3 is 14.4 Å². The van der Waals surface area contributed by atoms with E-state index in [4.69, 9.17) is 20.9 Å². The molecule has 0 unspecified atom stereocenters. The standard InChI is InChI=1S/C25H22N2O3/c1-2-14-30-22-8-5-7-20(18-22)24(28)11-10-21-17-19-6-3-4-9-23(19)26-25(21)27-12-15-29-16-13-27/h1,3-11,17-18H,12-16H2/b11-10+. The molecule has 2 heterocycles. The number of hydrogen-bond donors (Lipinski definition) is 0. The lowest BCUT2D eigenvalue weighted by Crippen LogP contribution is -2.37. The molecule has 30 heavy (non-hydrogen) atoms. The Morgan fingerprint density at radius 1 is 1.17 bits per heavy atom. The van der Waals surface area contributed by atoms with Crippen molar-refractivity contribution in [3.8, 4) is 18.1 Å². The maximum Gasteiger partial charge on any atom is 0.185 e. The van der Waals surface area contributed by atoms with Crippen molar-refractivity contribution in [3.05, 3.63) is 71.8 Å². The number of fused-ring (bicyclic) bond motifs is 1. The summed E-state index contributed by atoms with van der Waals surface area (Å²) in [5, 5.41) is 1.03. The third-order valence-corrected chi connectivity index (χ3v) is 4.90. The summed E-state index contributed by atoms with van der Waals surface area (Å²) < 4.78 is 10.9. The molecular weight excluding hydrogens is 376 g/mol. The van der Waals surface area contributed by atoms with Crippen LogP contribution in [0.25, 0.3) is 17.0 Å². The van der Waals surface area contributed by atoms with Gasteiger partial charge in [-0.1, -0.05) is 36.3 Å². The largest absolute Gasteiger partial charge is 0.481 e. The number of benzene rings is 2. The van der Waals surface area contributed by atoms with Crippen LogP contribution in [0.4, 0.5) is 5.82 Å². The van der Waals surface area contributed by atoms with Crippen molar-refractivity contribution in [1.29, 1.82) is 0 Å². The molecule has 0 amide bonds. The van der Waals surface area contributed by atoms with Gasteiger partial charge in [0.1, 0.15) is 18.2 Å². The topological polar surface area (TPSA) is 51.7 Å². The fourth-order valence-electron chi connectivity index (χ4n) is 3.40. The molecule has 5 heteroatoms. The minimum Gasteiger partial charge on any atom is -0.481 e. The number of nitrogens with zero attached hydrogens (tertiary/aromatic N) is 2. The van der Waals surface area contributed by atoms with E-state index in [0.29, 0.717) is 24.5 Å². The molecule has 0 aliphatic carbocycles. The summed E-state index contributed by atoms with van der Waals surface area (Å²) >= 11 is 0. The van der Waals surface area contributed by atoms with Crippen LogP contribution in [0.15, 0.2) is 60.7 Å². The molecule has 0 bridgehead atoms. The lowest BCUT2D eigenvalue weighted by molar-refractivity contribution is 0.104. The molecule has 5 nitrogen and oxygen atoms in total. The zero-order chi connectivity index (χ0) is 20.8. The highest BCUT2D eigenvalue weighted by Crippen LogP contribution is 2.26. The van der Waals surface area contributed by atoms with Crippen LogP contribution in [0, 0.1) is 12.3 Å². The van der Waals surface area contributed by atoms with Gasteiger partial charge >= 0.3 is 0 Å². The summed E-state index contributed by atoms with van der Waals surface area (Å²) in [7, 11) is 0. The number of ketones is 1. The molecule has 0 spiro atoms. The number of hydrogen-bond acceptors (Lipinski definition) is 5. The average molecular weight is 398 g/mol. The van der Waals surface area contributed by atoms with Crippen molar-refractivity contribution < 1.29 is 14.3 Å². The quantitative estimate of drug-likeness (QED) is 0.357. The van der Waals surface area contributed by atoms with Gasteiger partial charge in [0.15, 0.2) is 5.78 Å². The highest BCUT2D eigenvalue weighted by molar-refractivity contribution is 6.07. The predicted octanol–water partition coefficient (Wildman–Crippen LogP) is 3.98. The van der Waals surface area contributed by atoms with Gasteiger partial charge in [-0.05, 0) is 36.4 Å². The first-order valence-electron chi connectivity index (χ1n) is 9.86. The van der Waals surface area contributed by atoms with Gasteiger partial charge in [0.05, 0.1) is 18.7 Å². The number of rotatable bonds is 6. The van der Waals surface area contributed by atoms with Crippen molar-refractivity contribution in [3.63, 3.8) is 0 Å². The second kappa shape index (κ2) is 9.25. The van der Waals surface area contributed by atoms with Crippen molar-refractivity contribution in [2.24, 2.45) is 0 Å². The van der Waals surface area contributed by atoms with E-state index in [2.05, 4.69) is 16.9 Å². The van der Waals surface area contributed by atoms with Gasteiger partial charge in [-0.25, -0.2) is 4.98 Å². The summed E-state index contributed by atoms with van der Waals surface area (Å²) in [6, 6.07) is 17.1. The van der Waals surface area contributed by atoms with Crippen LogP contribution in [0.2, 0.25) is 0 Å². The lowest BCUT2D eigenvalue weighted by atomic mass is 10.1. The first-order valence-corrected chi connectivity index (χ1v) is 9.86. The minimum absolute atomic E-state index is 0.109. The van der Waals surface area contributed by atoms with Crippen LogP contribution < -0.4 is 9.64 Å². The Kier molecular flexibility index (Phi) is 6.07. The summed E-state index contributed by atoms with van der Waals surface area (Å²) in [5.41, 5.74) is 2.38. The Morgan fingerprint density at radius 2 is 2.00 bits per heavy atom. The van der Waals surface area contributed by atoms with E-state index in [9.17, 15) is 4.79 Å². The van der Waals surface area contributed by atoms with E-state index < -0.39 is 0 Å². The molecule has 1 aromatic heterocycles. The number of anilines is 1. The number of morpholine rings is 1. The van der Waals surface area contributed by atoms with E-state index >= 15 is 0 Å². The maximum atomic E-state index is 12.8. The molecule has 2 aromatic carbocycles. The number of aromatic nitrogens is 1. The second-order valence-electron chi connectivity index (χ2n) is 6.91. The Hall–Kier alpha value is -3.62. The Labute approximate surface area is 175 Å². The van der Waals surface area contributed by atoms with Gasteiger partial charge in [-0.2, -0.15) is 0 Å². The Bertz CT molecular complexity index is 1120. The summed E-state index contributed by atoms with van der Waals surface area (Å²) in [5.74, 6) is 3.76. The number of ether oxygens (including phenoxy) is 2. The summed E-state index contributed by atoms with van der Waals surface area (Å²) in [6.45, 7) is 3.05. The van der Waals surface area contributed by atoms with Crippen molar-refractivity contribution in [2.45, 2.75) is 0 Å². The van der Waals surface area contributed by atoms with Gasteiger partial charge in [0, 0.05) is 29.6 Å². The zero-order valence-electron chi connectivity index (χ0n) is 16.6. The fraction of sp³-hybridized carbons (Fsp3) is 0.200. The van der Waals surface area contributed by atoms with E-state index in [0.717, 1.165) is 35.4 Å². The van der Waals surface area contributed by atoms with Crippen LogP contribution >= 0.6 is 0 Å². The average Bonchev–Trinajstić information content (AvgIpc) is 2.81. The fourth-order valence-corrected chi connectivity index (χ4v) is 3.40. The highest BCUT2D eigenvalue weighted by atomic mass is 16.5. The summed E-state index contributed by atoms with van der Waals surface area (Å²) in [6.07, 6.45) is 8.64. The molecule has 150 valence electrons. The molecule has 1 saturated heterocycles. The molecule has 4 rings (SSSR count).